The largest absolute Gasteiger partial charge is 0.494 e. The summed E-state index contributed by atoms with van der Waals surface area (Å²) in [5.41, 5.74) is 2.65. The average Bonchev–Trinajstić information content (AvgIpc) is 3.17. The SMILES string of the molecule is Cc1ccc(OCCCN2C(=O)COc3ccc(NC(=O)C(C)N4C(=O)c5ccccc5C4=O)cc32)cc1. The second-order valence-electron chi connectivity index (χ2n) is 9.22. The van der Waals surface area contributed by atoms with Crippen LogP contribution in [-0.2, 0) is 9.59 Å². The number of rotatable bonds is 8. The summed E-state index contributed by atoms with van der Waals surface area (Å²) in [7, 11) is 0. The zero-order chi connectivity index (χ0) is 26.8. The van der Waals surface area contributed by atoms with E-state index >= 15 is 0 Å². The van der Waals surface area contributed by atoms with Gasteiger partial charge in [-0.1, -0.05) is 29.8 Å². The Labute approximate surface area is 219 Å². The minimum Gasteiger partial charge on any atom is -0.494 e. The maximum absolute atomic E-state index is 13.0. The second kappa shape index (κ2) is 10.4. The molecule has 0 radical (unpaired) electrons. The van der Waals surface area contributed by atoms with Crippen molar-refractivity contribution in [1.82, 2.24) is 4.90 Å². The summed E-state index contributed by atoms with van der Waals surface area (Å²) < 4.78 is 11.4. The normalized spacial score (nSPS) is 15.1. The van der Waals surface area contributed by atoms with Crippen molar-refractivity contribution < 1.29 is 28.7 Å². The number of carbonyl (C=O) groups excluding carboxylic acids is 4. The van der Waals surface area contributed by atoms with Gasteiger partial charge in [-0.3, -0.25) is 24.1 Å². The highest BCUT2D eigenvalue weighted by atomic mass is 16.5. The molecule has 1 atom stereocenters. The van der Waals surface area contributed by atoms with Gasteiger partial charge in [-0.25, -0.2) is 0 Å². The topological polar surface area (TPSA) is 105 Å². The van der Waals surface area contributed by atoms with Crippen LogP contribution in [-0.4, -0.2) is 54.3 Å². The minimum absolute atomic E-state index is 0.0751. The van der Waals surface area contributed by atoms with E-state index in [1.807, 2.05) is 31.2 Å². The first-order valence-corrected chi connectivity index (χ1v) is 12.4. The smallest absolute Gasteiger partial charge is 0.265 e. The molecule has 4 amide bonds. The zero-order valence-electron chi connectivity index (χ0n) is 21.1. The Hall–Kier alpha value is -4.66. The van der Waals surface area contributed by atoms with Crippen LogP contribution in [0.2, 0.25) is 0 Å². The Kier molecular flexibility index (Phi) is 6.83. The van der Waals surface area contributed by atoms with Gasteiger partial charge in [0.2, 0.25) is 5.91 Å². The maximum atomic E-state index is 13.0. The molecule has 9 nitrogen and oxygen atoms in total. The standard InChI is InChI=1S/C29H27N3O6/c1-18-8-11-21(12-9-18)37-15-5-14-31-24-16-20(10-13-25(24)38-17-26(31)33)30-27(34)19(2)32-28(35)22-6-3-4-7-23(22)29(32)36/h3-4,6-13,16,19H,5,14-15,17H2,1-2H3,(H,30,34). The van der Waals surface area contributed by atoms with Gasteiger partial charge in [0.1, 0.15) is 17.5 Å². The summed E-state index contributed by atoms with van der Waals surface area (Å²) in [5, 5.41) is 2.76. The molecule has 0 spiro atoms. The Morgan fingerprint density at radius 1 is 1.00 bits per heavy atom. The van der Waals surface area contributed by atoms with Gasteiger partial charge in [0.25, 0.3) is 17.7 Å². The fourth-order valence-electron chi connectivity index (χ4n) is 4.50. The number of imide groups is 1. The molecule has 0 fully saturated rings. The van der Waals surface area contributed by atoms with E-state index in [2.05, 4.69) is 5.32 Å². The van der Waals surface area contributed by atoms with E-state index in [9.17, 15) is 19.2 Å². The number of anilines is 2. The molecule has 2 aliphatic rings. The number of amides is 4. The number of ether oxygens (including phenoxy) is 2. The number of hydrogen-bond donors (Lipinski definition) is 1. The lowest BCUT2D eigenvalue weighted by atomic mass is 10.1. The average molecular weight is 514 g/mol. The molecular formula is C29H27N3O6. The highest BCUT2D eigenvalue weighted by Crippen LogP contribution is 2.35. The number of aryl methyl sites for hydroxylation is 1. The predicted molar refractivity (Wildman–Crippen MR) is 141 cm³/mol. The molecule has 0 saturated carbocycles. The number of nitrogens with one attached hydrogen (secondary N) is 1. The lowest BCUT2D eigenvalue weighted by molar-refractivity contribution is -0.121. The van der Waals surface area contributed by atoms with Crippen molar-refractivity contribution in [2.45, 2.75) is 26.3 Å². The lowest BCUT2D eigenvalue weighted by Crippen LogP contribution is -2.45. The van der Waals surface area contributed by atoms with Crippen LogP contribution in [0.5, 0.6) is 11.5 Å². The number of hydrogen-bond acceptors (Lipinski definition) is 6. The van der Waals surface area contributed by atoms with E-state index in [-0.39, 0.29) is 23.6 Å². The molecule has 1 unspecified atom stereocenters. The molecule has 1 N–H and O–H groups in total. The lowest BCUT2D eigenvalue weighted by Gasteiger charge is -2.30. The van der Waals surface area contributed by atoms with Crippen molar-refractivity contribution in [2.24, 2.45) is 0 Å². The van der Waals surface area contributed by atoms with E-state index in [1.54, 1.807) is 47.4 Å². The summed E-state index contributed by atoms with van der Waals surface area (Å²) in [4.78, 5) is 53.8. The summed E-state index contributed by atoms with van der Waals surface area (Å²) in [6.45, 7) is 4.27. The first-order valence-electron chi connectivity index (χ1n) is 12.4. The Morgan fingerprint density at radius 3 is 2.37 bits per heavy atom. The Balaban J connectivity index is 1.25. The molecule has 38 heavy (non-hydrogen) atoms. The molecule has 0 aliphatic carbocycles. The van der Waals surface area contributed by atoms with Crippen molar-refractivity contribution >= 4 is 35.0 Å². The van der Waals surface area contributed by atoms with E-state index in [0.29, 0.717) is 36.7 Å². The number of nitrogens with zero attached hydrogens (tertiary/aromatic N) is 2. The van der Waals surface area contributed by atoms with Gasteiger partial charge in [0.15, 0.2) is 6.61 Å². The third-order valence-electron chi connectivity index (χ3n) is 6.58. The van der Waals surface area contributed by atoms with E-state index in [1.165, 1.54) is 6.92 Å². The molecular weight excluding hydrogens is 486 g/mol. The molecule has 0 saturated heterocycles. The van der Waals surface area contributed by atoms with Gasteiger partial charge < -0.3 is 19.7 Å². The third kappa shape index (κ3) is 4.82. The molecule has 0 bridgehead atoms. The molecule has 3 aromatic rings. The van der Waals surface area contributed by atoms with Crippen LogP contribution in [0.1, 0.15) is 39.6 Å². The second-order valence-corrected chi connectivity index (χ2v) is 9.22. The van der Waals surface area contributed by atoms with Crippen LogP contribution < -0.4 is 19.7 Å². The summed E-state index contributed by atoms with van der Waals surface area (Å²) in [5.74, 6) is -0.443. The number of carbonyl (C=O) groups is 4. The zero-order valence-corrected chi connectivity index (χ0v) is 21.1. The minimum atomic E-state index is -1.04. The third-order valence-corrected chi connectivity index (χ3v) is 6.58. The van der Waals surface area contributed by atoms with Gasteiger partial charge in [0.05, 0.1) is 23.4 Å². The molecule has 3 aromatic carbocycles. The van der Waals surface area contributed by atoms with E-state index in [4.69, 9.17) is 9.47 Å². The monoisotopic (exact) mass is 513 g/mol. The number of fused-ring (bicyclic) bond motifs is 2. The van der Waals surface area contributed by atoms with Crippen LogP contribution in [0, 0.1) is 6.92 Å². The summed E-state index contributed by atoms with van der Waals surface area (Å²) in [6.07, 6.45) is 0.590. The van der Waals surface area contributed by atoms with E-state index in [0.717, 1.165) is 16.2 Å². The predicted octanol–water partition coefficient (Wildman–Crippen LogP) is 3.81. The van der Waals surface area contributed by atoms with Crippen LogP contribution in [0.25, 0.3) is 0 Å². The fraction of sp³-hybridized carbons (Fsp3) is 0.241. The van der Waals surface area contributed by atoms with Gasteiger partial charge >= 0.3 is 0 Å². The van der Waals surface area contributed by atoms with Crippen LogP contribution in [0.4, 0.5) is 11.4 Å². The Morgan fingerprint density at radius 2 is 1.68 bits per heavy atom. The highest BCUT2D eigenvalue weighted by molar-refractivity contribution is 6.23. The molecule has 194 valence electrons. The van der Waals surface area contributed by atoms with Crippen molar-refractivity contribution in [2.75, 3.05) is 30.0 Å². The van der Waals surface area contributed by atoms with Gasteiger partial charge in [-0.05, 0) is 62.7 Å². The van der Waals surface area contributed by atoms with Crippen molar-refractivity contribution in [1.29, 1.82) is 0 Å². The van der Waals surface area contributed by atoms with Gasteiger partial charge in [-0.15, -0.1) is 0 Å². The highest BCUT2D eigenvalue weighted by Gasteiger charge is 2.40. The van der Waals surface area contributed by atoms with Crippen molar-refractivity contribution in [3.05, 3.63) is 83.4 Å². The van der Waals surface area contributed by atoms with Gasteiger partial charge in [0, 0.05) is 12.2 Å². The first kappa shape index (κ1) is 25.0. The molecule has 0 aromatic heterocycles. The van der Waals surface area contributed by atoms with Crippen molar-refractivity contribution in [3.8, 4) is 11.5 Å². The first-order chi connectivity index (χ1) is 18.3. The molecule has 2 aliphatic heterocycles. The van der Waals surface area contributed by atoms with Crippen LogP contribution >= 0.6 is 0 Å². The number of benzene rings is 3. The van der Waals surface area contributed by atoms with Crippen molar-refractivity contribution in [3.63, 3.8) is 0 Å². The van der Waals surface area contributed by atoms with Crippen LogP contribution in [0.3, 0.4) is 0 Å². The van der Waals surface area contributed by atoms with Gasteiger partial charge in [-0.2, -0.15) is 0 Å². The maximum Gasteiger partial charge on any atom is 0.265 e. The van der Waals surface area contributed by atoms with Crippen LogP contribution in [0.15, 0.2) is 66.7 Å². The summed E-state index contributed by atoms with van der Waals surface area (Å²) >= 11 is 0. The summed E-state index contributed by atoms with van der Waals surface area (Å²) in [6, 6.07) is 18.2. The molecule has 5 rings (SSSR count). The fourth-order valence-corrected chi connectivity index (χ4v) is 4.50. The molecule has 9 heteroatoms. The quantitative estimate of drug-likeness (QED) is 0.363. The molecule has 2 heterocycles. The van der Waals surface area contributed by atoms with E-state index < -0.39 is 23.8 Å². The Bertz CT molecular complexity index is 1380.